The van der Waals surface area contributed by atoms with Crippen LogP contribution in [0.5, 0.6) is 5.75 Å². The summed E-state index contributed by atoms with van der Waals surface area (Å²) in [4.78, 5) is 28.0. The number of aromatic nitrogens is 1. The van der Waals surface area contributed by atoms with Crippen molar-refractivity contribution in [1.29, 1.82) is 0 Å². The lowest BCUT2D eigenvalue weighted by molar-refractivity contribution is -0.390. The van der Waals surface area contributed by atoms with Crippen molar-refractivity contribution < 1.29 is 22.9 Å². The van der Waals surface area contributed by atoms with Gasteiger partial charge >= 0.3 is 5.82 Å². The Labute approximate surface area is 146 Å². The van der Waals surface area contributed by atoms with Crippen LogP contribution in [0.1, 0.15) is 26.7 Å². The predicted octanol–water partition coefficient (Wildman–Crippen LogP) is 1.18. The van der Waals surface area contributed by atoms with Gasteiger partial charge in [-0.1, -0.05) is 6.92 Å². The van der Waals surface area contributed by atoms with E-state index in [0.29, 0.717) is 12.8 Å². The number of sulfone groups is 1. The first-order chi connectivity index (χ1) is 11.7. The van der Waals surface area contributed by atoms with Crippen molar-refractivity contribution >= 4 is 21.6 Å². The Morgan fingerprint density at radius 2 is 2.28 bits per heavy atom. The molecule has 0 radical (unpaired) electrons. The molecule has 2 heterocycles. The molecular formula is C15H21N3O6S. The molecule has 1 amide bonds. The van der Waals surface area contributed by atoms with Crippen molar-refractivity contribution in [3.63, 3.8) is 0 Å². The Hall–Kier alpha value is -2.23. The van der Waals surface area contributed by atoms with Crippen LogP contribution in [0.25, 0.3) is 0 Å². The first kappa shape index (κ1) is 19.1. The molecule has 0 saturated carbocycles. The Morgan fingerprint density at radius 1 is 1.56 bits per heavy atom. The molecular weight excluding hydrogens is 350 g/mol. The van der Waals surface area contributed by atoms with Gasteiger partial charge in [0.2, 0.25) is 5.75 Å². The molecule has 1 saturated heterocycles. The fourth-order valence-electron chi connectivity index (χ4n) is 2.85. The number of amides is 1. The summed E-state index contributed by atoms with van der Waals surface area (Å²) in [6.07, 6.45) is 2.32. The van der Waals surface area contributed by atoms with Gasteiger partial charge in [-0.05, 0) is 41.8 Å². The molecule has 9 nitrogen and oxygen atoms in total. The molecule has 1 fully saturated rings. The smallest absolute Gasteiger partial charge is 0.406 e. The van der Waals surface area contributed by atoms with Crippen molar-refractivity contribution in [1.82, 2.24) is 9.88 Å². The predicted molar refractivity (Wildman–Crippen MR) is 90.0 cm³/mol. The lowest BCUT2D eigenvalue weighted by Gasteiger charge is -2.33. The topological polar surface area (TPSA) is 120 Å². The number of nitro groups is 1. The van der Waals surface area contributed by atoms with Crippen molar-refractivity contribution in [2.24, 2.45) is 0 Å². The van der Waals surface area contributed by atoms with Crippen molar-refractivity contribution in [2.45, 2.75) is 38.8 Å². The molecule has 2 rings (SSSR count). The molecule has 0 aliphatic carbocycles. The molecule has 0 unspecified atom stereocenters. The molecule has 1 aliphatic rings. The lowest BCUT2D eigenvalue weighted by Crippen LogP contribution is -2.48. The number of hydrogen-bond acceptors (Lipinski definition) is 7. The second kappa shape index (κ2) is 7.77. The zero-order valence-corrected chi connectivity index (χ0v) is 14.9. The van der Waals surface area contributed by atoms with E-state index in [4.69, 9.17) is 4.74 Å². The standard InChI is InChI=1S/C15H21N3O6S/c1-3-11(2)17(12-6-8-25(22,23)10-12)14(19)9-24-13-5-4-7-16-15(13)18(20)21/h4-5,7,11-12H,3,6,8-10H2,1-2H3/t11-,12-/m0/s1. The first-order valence-corrected chi connectivity index (χ1v) is 9.81. The van der Waals surface area contributed by atoms with Gasteiger partial charge in [0.1, 0.15) is 6.20 Å². The molecule has 25 heavy (non-hydrogen) atoms. The molecule has 0 bridgehead atoms. The van der Waals surface area contributed by atoms with E-state index in [1.54, 1.807) is 0 Å². The summed E-state index contributed by atoms with van der Waals surface area (Å²) in [5, 5.41) is 10.9. The summed E-state index contributed by atoms with van der Waals surface area (Å²) in [6.45, 7) is 3.34. The van der Waals surface area contributed by atoms with Gasteiger partial charge in [0.05, 0.1) is 11.5 Å². The Morgan fingerprint density at radius 3 is 2.84 bits per heavy atom. The van der Waals surface area contributed by atoms with Crippen LogP contribution in [0.3, 0.4) is 0 Å². The number of ether oxygens (including phenoxy) is 1. The molecule has 0 N–H and O–H groups in total. The zero-order chi connectivity index (χ0) is 18.6. The van der Waals surface area contributed by atoms with Crippen LogP contribution in [-0.4, -0.2) is 59.3 Å². The highest BCUT2D eigenvalue weighted by atomic mass is 32.2. The maximum Gasteiger partial charge on any atom is 0.406 e. The van der Waals surface area contributed by atoms with E-state index >= 15 is 0 Å². The van der Waals surface area contributed by atoms with Gasteiger partial charge in [-0.15, -0.1) is 0 Å². The number of pyridine rings is 1. The SMILES string of the molecule is CC[C@H](C)N(C(=O)COc1cccnc1[N+](=O)[O-])[C@H]1CCS(=O)(=O)C1. The van der Waals surface area contributed by atoms with E-state index in [1.807, 2.05) is 13.8 Å². The number of carbonyl (C=O) groups is 1. The average molecular weight is 371 g/mol. The van der Waals surface area contributed by atoms with Gasteiger partial charge in [0.25, 0.3) is 5.91 Å². The quantitative estimate of drug-likeness (QED) is 0.521. The van der Waals surface area contributed by atoms with Crippen LogP contribution in [-0.2, 0) is 14.6 Å². The highest BCUT2D eigenvalue weighted by Crippen LogP contribution is 2.24. The van der Waals surface area contributed by atoms with E-state index in [0.717, 1.165) is 0 Å². The molecule has 1 aliphatic heterocycles. The monoisotopic (exact) mass is 371 g/mol. The van der Waals surface area contributed by atoms with Crippen LogP contribution in [0, 0.1) is 10.1 Å². The van der Waals surface area contributed by atoms with E-state index in [9.17, 15) is 23.3 Å². The van der Waals surface area contributed by atoms with E-state index in [1.165, 1.54) is 23.2 Å². The maximum atomic E-state index is 12.6. The van der Waals surface area contributed by atoms with Crippen LogP contribution in [0.2, 0.25) is 0 Å². The number of rotatable bonds is 7. The van der Waals surface area contributed by atoms with Gasteiger partial charge in [0, 0.05) is 12.1 Å². The average Bonchev–Trinajstić information content (AvgIpc) is 2.92. The molecule has 1 aromatic heterocycles. The maximum absolute atomic E-state index is 12.6. The molecule has 10 heteroatoms. The second-order valence-corrected chi connectivity index (χ2v) is 8.21. The largest absolute Gasteiger partial charge is 0.476 e. The summed E-state index contributed by atoms with van der Waals surface area (Å²) in [6, 6.07) is 2.30. The second-order valence-electron chi connectivity index (χ2n) is 5.99. The summed E-state index contributed by atoms with van der Waals surface area (Å²) >= 11 is 0. The summed E-state index contributed by atoms with van der Waals surface area (Å²) < 4.78 is 28.8. The van der Waals surface area contributed by atoms with Gasteiger partial charge in [-0.3, -0.25) is 4.79 Å². The third kappa shape index (κ3) is 4.65. The molecule has 2 atom stereocenters. The molecule has 1 aromatic rings. The van der Waals surface area contributed by atoms with Crippen LogP contribution in [0.15, 0.2) is 18.3 Å². The van der Waals surface area contributed by atoms with Crippen LogP contribution in [0.4, 0.5) is 5.82 Å². The van der Waals surface area contributed by atoms with Gasteiger partial charge in [-0.25, -0.2) is 8.42 Å². The molecule has 0 spiro atoms. The number of nitrogens with zero attached hydrogens (tertiary/aromatic N) is 3. The number of hydrogen-bond donors (Lipinski definition) is 0. The van der Waals surface area contributed by atoms with Gasteiger partial charge in [-0.2, -0.15) is 0 Å². The Kier molecular flexibility index (Phi) is 5.93. The van der Waals surface area contributed by atoms with E-state index < -0.39 is 33.1 Å². The molecule has 138 valence electrons. The van der Waals surface area contributed by atoms with Crippen molar-refractivity contribution in [2.75, 3.05) is 18.1 Å². The fraction of sp³-hybridized carbons (Fsp3) is 0.600. The highest BCUT2D eigenvalue weighted by Gasteiger charge is 2.36. The normalized spacial score (nSPS) is 20.0. The fourth-order valence-corrected chi connectivity index (χ4v) is 4.56. The zero-order valence-electron chi connectivity index (χ0n) is 14.1. The summed E-state index contributed by atoms with van der Waals surface area (Å²) in [5.41, 5.74) is 0. The van der Waals surface area contributed by atoms with Crippen LogP contribution >= 0.6 is 0 Å². The minimum atomic E-state index is -3.13. The van der Waals surface area contributed by atoms with E-state index in [2.05, 4.69) is 4.98 Å². The minimum Gasteiger partial charge on any atom is -0.476 e. The summed E-state index contributed by atoms with van der Waals surface area (Å²) in [7, 11) is -3.13. The molecule has 0 aromatic carbocycles. The van der Waals surface area contributed by atoms with Crippen molar-refractivity contribution in [3.05, 3.63) is 28.4 Å². The number of carbonyl (C=O) groups excluding carboxylic acids is 1. The van der Waals surface area contributed by atoms with Gasteiger partial charge in [0.15, 0.2) is 16.4 Å². The van der Waals surface area contributed by atoms with Crippen LogP contribution < -0.4 is 4.74 Å². The summed E-state index contributed by atoms with van der Waals surface area (Å²) in [5.74, 6) is -0.949. The van der Waals surface area contributed by atoms with E-state index in [-0.39, 0.29) is 29.3 Å². The first-order valence-electron chi connectivity index (χ1n) is 7.99. The third-order valence-electron chi connectivity index (χ3n) is 4.23. The minimum absolute atomic E-state index is 0.0594. The highest BCUT2D eigenvalue weighted by molar-refractivity contribution is 7.91. The third-order valence-corrected chi connectivity index (χ3v) is 5.98. The van der Waals surface area contributed by atoms with Gasteiger partial charge < -0.3 is 19.8 Å². The Balaban J connectivity index is 2.12. The Bertz CT molecular complexity index is 751. The van der Waals surface area contributed by atoms with Crippen molar-refractivity contribution in [3.8, 4) is 5.75 Å². The lowest BCUT2D eigenvalue weighted by atomic mass is 10.1.